The molecule has 0 saturated carbocycles. The summed E-state index contributed by atoms with van der Waals surface area (Å²) in [7, 11) is 8.63. The molecule has 142 valence electrons. The van der Waals surface area contributed by atoms with Gasteiger partial charge < -0.3 is 0 Å². The monoisotopic (exact) mass is 670 g/mol. The fourth-order valence-corrected chi connectivity index (χ4v) is 6.24. The molecule has 0 aromatic heterocycles. The Labute approximate surface area is 203 Å². The van der Waals surface area contributed by atoms with E-state index in [2.05, 4.69) is 45.2 Å². The van der Waals surface area contributed by atoms with Crippen molar-refractivity contribution in [2.24, 2.45) is 0 Å². The van der Waals surface area contributed by atoms with Gasteiger partial charge in [-0.05, 0) is 124 Å². The summed E-state index contributed by atoms with van der Waals surface area (Å²) < 4.78 is 26.9. The Hall–Kier alpha value is -0.260. The predicted octanol–water partition coefficient (Wildman–Crippen LogP) is 7.39. The van der Waals surface area contributed by atoms with Crippen LogP contribution in [-0.4, -0.2) is 8.42 Å². The summed E-state index contributed by atoms with van der Waals surface area (Å²) in [6.45, 7) is 0. The van der Waals surface area contributed by atoms with E-state index in [0.29, 0.717) is 20.9 Å². The van der Waals surface area contributed by atoms with E-state index in [1.807, 2.05) is 48.5 Å². The van der Waals surface area contributed by atoms with Crippen molar-refractivity contribution in [3.63, 3.8) is 0 Å². The second-order valence-corrected chi connectivity index (χ2v) is 12.0. The van der Waals surface area contributed by atoms with Gasteiger partial charge in [-0.1, -0.05) is 24.3 Å². The van der Waals surface area contributed by atoms with Gasteiger partial charge in [-0.2, -0.15) is 0 Å². The average molecular weight is 671 g/mol. The third-order valence-electron chi connectivity index (χ3n) is 4.48. The van der Waals surface area contributed by atoms with E-state index in [1.54, 1.807) is 12.1 Å². The van der Waals surface area contributed by atoms with Gasteiger partial charge in [-0.3, -0.25) is 0 Å². The van der Waals surface area contributed by atoms with Crippen molar-refractivity contribution in [1.29, 1.82) is 0 Å². The van der Waals surface area contributed by atoms with Crippen LogP contribution in [0.1, 0.15) is 0 Å². The standard InChI is InChI=1S/C20H10Cl2I2O2S2/c21-27(25)17-7-1-11-9-13(23)3-5-15(11)19(17)20-16-6-4-14(24)10-12(16)2-8-18(20)28(22)26/h1-10H. The minimum absolute atomic E-state index is 0.477. The van der Waals surface area contributed by atoms with Crippen molar-refractivity contribution in [2.45, 2.75) is 9.79 Å². The maximum absolute atomic E-state index is 12.4. The molecule has 28 heavy (non-hydrogen) atoms. The highest BCUT2D eigenvalue weighted by molar-refractivity contribution is 14.1. The number of hydrogen-bond donors (Lipinski definition) is 0. The topological polar surface area (TPSA) is 34.1 Å². The van der Waals surface area contributed by atoms with Crippen molar-refractivity contribution < 1.29 is 8.42 Å². The van der Waals surface area contributed by atoms with Crippen LogP contribution in [0.5, 0.6) is 0 Å². The molecule has 8 heteroatoms. The Morgan fingerprint density at radius 1 is 0.607 bits per heavy atom. The summed E-state index contributed by atoms with van der Waals surface area (Å²) in [5, 5.41) is 3.76. The van der Waals surface area contributed by atoms with E-state index in [4.69, 9.17) is 21.4 Å². The first-order chi connectivity index (χ1) is 13.4. The molecule has 0 N–H and O–H groups in total. The molecule has 2 unspecified atom stereocenters. The number of rotatable bonds is 3. The number of benzene rings is 4. The lowest BCUT2D eigenvalue weighted by Gasteiger charge is -2.17. The number of halogens is 4. The third-order valence-corrected chi connectivity index (χ3v) is 8.19. The molecule has 4 aromatic rings. The van der Waals surface area contributed by atoms with Gasteiger partial charge in [0.15, 0.2) is 0 Å². The van der Waals surface area contributed by atoms with E-state index < -0.39 is 20.0 Å². The molecule has 0 aliphatic heterocycles. The van der Waals surface area contributed by atoms with Crippen molar-refractivity contribution in [3.05, 3.63) is 67.8 Å². The Balaban J connectivity index is 2.25. The normalized spacial score (nSPS) is 13.7. The number of hydrogen-bond acceptors (Lipinski definition) is 2. The first-order valence-electron chi connectivity index (χ1n) is 7.98. The Morgan fingerprint density at radius 3 is 1.36 bits per heavy atom. The van der Waals surface area contributed by atoms with Crippen LogP contribution in [0.2, 0.25) is 0 Å². The van der Waals surface area contributed by atoms with Gasteiger partial charge in [0.05, 0.1) is 9.79 Å². The van der Waals surface area contributed by atoms with Crippen LogP contribution in [0.15, 0.2) is 70.5 Å². The van der Waals surface area contributed by atoms with Gasteiger partial charge in [0, 0.05) is 18.3 Å². The van der Waals surface area contributed by atoms with Crippen molar-refractivity contribution in [3.8, 4) is 11.1 Å². The van der Waals surface area contributed by atoms with Crippen molar-refractivity contribution in [1.82, 2.24) is 0 Å². The summed E-state index contributed by atoms with van der Waals surface area (Å²) in [6.07, 6.45) is 0. The maximum atomic E-state index is 12.4. The van der Waals surface area contributed by atoms with Crippen LogP contribution in [0, 0.1) is 7.14 Å². The van der Waals surface area contributed by atoms with Crippen LogP contribution < -0.4 is 0 Å². The number of fused-ring (bicyclic) bond motifs is 2. The average Bonchev–Trinajstić information content (AvgIpc) is 2.65. The third kappa shape index (κ3) is 3.88. The van der Waals surface area contributed by atoms with E-state index in [0.717, 1.165) is 28.7 Å². The fourth-order valence-electron chi connectivity index (χ4n) is 3.34. The van der Waals surface area contributed by atoms with Crippen LogP contribution in [0.4, 0.5) is 0 Å². The Bertz CT molecular complexity index is 1210. The first kappa shape index (κ1) is 21.0. The molecular formula is C20H10Cl2I2O2S2. The minimum atomic E-state index is -1.74. The van der Waals surface area contributed by atoms with E-state index >= 15 is 0 Å². The SMILES string of the molecule is O=S(Cl)c1ccc2cc(I)ccc2c1-c1c(S(=O)Cl)ccc2cc(I)ccc12. The van der Waals surface area contributed by atoms with Gasteiger partial charge in [0.2, 0.25) is 0 Å². The molecular weight excluding hydrogens is 661 g/mol. The zero-order valence-corrected chi connectivity index (χ0v) is 21.4. The Morgan fingerprint density at radius 2 is 1.00 bits per heavy atom. The predicted molar refractivity (Wildman–Crippen MR) is 137 cm³/mol. The lowest BCUT2D eigenvalue weighted by atomic mass is 9.94. The maximum Gasteiger partial charge on any atom is 0.148 e. The molecule has 0 spiro atoms. The summed E-state index contributed by atoms with van der Waals surface area (Å²) in [6, 6.07) is 19.4. The van der Waals surface area contributed by atoms with Crippen LogP contribution >= 0.6 is 66.5 Å². The largest absolute Gasteiger partial charge is 0.237 e. The summed E-state index contributed by atoms with van der Waals surface area (Å²) >= 11 is 4.51. The molecule has 0 radical (unpaired) electrons. The molecule has 2 atom stereocenters. The molecule has 0 fully saturated rings. The van der Waals surface area contributed by atoms with E-state index in [9.17, 15) is 8.42 Å². The molecule has 0 aliphatic rings. The van der Waals surface area contributed by atoms with Gasteiger partial charge in [-0.25, -0.2) is 8.42 Å². The lowest BCUT2D eigenvalue weighted by molar-refractivity contribution is 0.690. The minimum Gasteiger partial charge on any atom is -0.237 e. The molecule has 0 saturated heterocycles. The smallest absolute Gasteiger partial charge is 0.148 e. The highest BCUT2D eigenvalue weighted by Gasteiger charge is 2.21. The quantitative estimate of drug-likeness (QED) is 0.168. The molecule has 0 heterocycles. The molecule has 4 aromatic carbocycles. The zero-order valence-electron chi connectivity index (χ0n) is 13.9. The van der Waals surface area contributed by atoms with Crippen LogP contribution in [-0.2, 0) is 20.0 Å². The second-order valence-electron chi connectivity index (χ2n) is 6.06. The summed E-state index contributed by atoms with van der Waals surface area (Å²) in [5.74, 6) is 0. The van der Waals surface area contributed by atoms with Gasteiger partial charge in [0.25, 0.3) is 0 Å². The molecule has 4 rings (SSSR count). The summed E-state index contributed by atoms with van der Waals surface area (Å²) in [5.41, 5.74) is 1.41. The molecule has 2 nitrogen and oxygen atoms in total. The van der Waals surface area contributed by atoms with Crippen molar-refractivity contribution >= 4 is 108 Å². The van der Waals surface area contributed by atoms with Gasteiger partial charge in [0.1, 0.15) is 20.0 Å². The zero-order chi connectivity index (χ0) is 20.0. The van der Waals surface area contributed by atoms with Gasteiger partial charge >= 0.3 is 0 Å². The fraction of sp³-hybridized carbons (Fsp3) is 0. The highest BCUT2D eigenvalue weighted by atomic mass is 127. The van der Waals surface area contributed by atoms with E-state index in [-0.39, 0.29) is 0 Å². The molecule has 0 amide bonds. The van der Waals surface area contributed by atoms with E-state index in [1.165, 1.54) is 0 Å². The Kier molecular flexibility index (Phi) is 6.35. The second kappa shape index (κ2) is 8.47. The van der Waals surface area contributed by atoms with Gasteiger partial charge in [-0.15, -0.1) is 0 Å². The molecule has 0 bridgehead atoms. The van der Waals surface area contributed by atoms with Crippen LogP contribution in [0.3, 0.4) is 0 Å². The highest BCUT2D eigenvalue weighted by Crippen LogP contribution is 2.42. The lowest BCUT2D eigenvalue weighted by Crippen LogP contribution is -1.97. The molecule has 0 aliphatic carbocycles. The van der Waals surface area contributed by atoms with Crippen molar-refractivity contribution in [2.75, 3.05) is 0 Å². The first-order valence-corrected chi connectivity index (χ1v) is 14.1. The summed E-state index contributed by atoms with van der Waals surface area (Å²) in [4.78, 5) is 0.953. The van der Waals surface area contributed by atoms with Crippen LogP contribution in [0.25, 0.3) is 32.7 Å².